The van der Waals surface area contributed by atoms with Crippen molar-refractivity contribution >= 4 is 15.0 Å². The fraction of sp³-hybridized carbons (Fsp3) is 0.250. The van der Waals surface area contributed by atoms with E-state index in [4.69, 9.17) is 9.47 Å². The van der Waals surface area contributed by atoms with Crippen LogP contribution in [-0.4, -0.2) is 16.4 Å². The third kappa shape index (κ3) is 4.78. The lowest BCUT2D eigenvalue weighted by atomic mass is 10.1. The van der Waals surface area contributed by atoms with Crippen LogP contribution in [0.3, 0.4) is 0 Å². The average molecular weight is 321 g/mol. The molecule has 0 spiro atoms. The molecule has 6 heteroatoms. The van der Waals surface area contributed by atoms with Gasteiger partial charge >= 0.3 is 0 Å². The van der Waals surface area contributed by atoms with E-state index in [2.05, 4.69) is 4.98 Å². The van der Waals surface area contributed by atoms with Crippen molar-refractivity contribution in [1.82, 2.24) is 4.98 Å². The number of nitrogens with zero attached hydrogens (tertiary/aromatic N) is 1. The molecule has 0 bridgehead atoms. The molecule has 2 rings (SSSR count). The van der Waals surface area contributed by atoms with Crippen molar-refractivity contribution in [2.75, 3.05) is 0 Å². The summed E-state index contributed by atoms with van der Waals surface area (Å²) < 4.78 is 24.2. The first-order valence-corrected chi connectivity index (χ1v) is 7.39. The maximum Gasteiger partial charge on any atom is 0.256 e. The number of benzene rings is 1. The Balaban J connectivity index is 2.17. The van der Waals surface area contributed by atoms with Gasteiger partial charge in [-0.25, -0.2) is 4.98 Å². The molecule has 4 nitrogen and oxygen atoms in total. The van der Waals surface area contributed by atoms with Crippen LogP contribution in [0.5, 0.6) is 17.4 Å². The van der Waals surface area contributed by atoms with Gasteiger partial charge in [-0.1, -0.05) is 22.2 Å². The Labute approximate surface area is 130 Å². The topological polar surface area (TPSA) is 48.4 Å². The van der Waals surface area contributed by atoms with Crippen LogP contribution in [0, 0.1) is 0 Å². The zero-order valence-corrected chi connectivity index (χ0v) is 13.5. The molecule has 0 amide bonds. The minimum absolute atomic E-state index is 0.0144. The normalized spacial score (nSPS) is 13.3. The molecule has 0 aliphatic rings. The minimum Gasteiger partial charge on any atom is -0.455 e. The molecular formula is C16H17FNO3P. The average Bonchev–Trinajstić information content (AvgIpc) is 2.45. The smallest absolute Gasteiger partial charge is 0.256 e. The van der Waals surface area contributed by atoms with Crippen LogP contribution in [0.4, 0.5) is 4.39 Å². The predicted octanol–water partition coefficient (Wildman–Crippen LogP) is 4.36. The number of ether oxygens (including phenoxy) is 2. The fourth-order valence-electron chi connectivity index (χ4n) is 1.80. The van der Waals surface area contributed by atoms with Crippen molar-refractivity contribution in [3.63, 3.8) is 0 Å². The van der Waals surface area contributed by atoms with Crippen LogP contribution in [0.25, 0.3) is 0 Å². The Morgan fingerprint density at radius 1 is 1.32 bits per heavy atom. The van der Waals surface area contributed by atoms with Gasteiger partial charge in [-0.15, -0.1) is 0 Å². The van der Waals surface area contributed by atoms with Crippen LogP contribution < -0.4 is 9.47 Å². The molecule has 1 aromatic carbocycles. The first-order valence-electron chi connectivity index (χ1n) is 6.81. The highest BCUT2D eigenvalue weighted by molar-refractivity contribution is 7.18. The molecule has 0 radical (unpaired) electrons. The number of hydrogen-bond donors (Lipinski definition) is 0. The van der Waals surface area contributed by atoms with Gasteiger partial charge in [0, 0.05) is 37.2 Å². The molecule has 0 aliphatic carbocycles. The van der Waals surface area contributed by atoms with Crippen molar-refractivity contribution in [3.05, 3.63) is 48.2 Å². The van der Waals surface area contributed by atoms with E-state index in [0.717, 1.165) is 0 Å². The van der Waals surface area contributed by atoms with E-state index in [1.165, 1.54) is 13.1 Å². The summed E-state index contributed by atoms with van der Waals surface area (Å²) in [4.78, 5) is 15.7. The molecule has 2 aromatic rings. The second kappa shape index (κ2) is 6.84. The number of carbonyl (C=O) groups excluding carboxylic acids is 1. The molecule has 2 unspecified atom stereocenters. The van der Waals surface area contributed by atoms with Gasteiger partial charge in [0.25, 0.3) is 5.60 Å². The molecule has 22 heavy (non-hydrogen) atoms. The fourth-order valence-corrected chi connectivity index (χ4v) is 1.93. The molecule has 1 aromatic heterocycles. The summed E-state index contributed by atoms with van der Waals surface area (Å²) in [6, 6.07) is 9.77. The van der Waals surface area contributed by atoms with E-state index in [9.17, 15) is 9.18 Å². The van der Waals surface area contributed by atoms with Gasteiger partial charge in [-0.3, -0.25) is 4.79 Å². The number of carbonyl (C=O) groups is 1. The van der Waals surface area contributed by atoms with E-state index < -0.39 is 5.60 Å². The van der Waals surface area contributed by atoms with E-state index in [1.54, 1.807) is 43.3 Å². The van der Waals surface area contributed by atoms with Crippen molar-refractivity contribution in [1.29, 1.82) is 0 Å². The summed E-state index contributed by atoms with van der Waals surface area (Å²) in [5.74, 6) is 1.09. The third-order valence-corrected chi connectivity index (χ3v) is 2.84. The van der Waals surface area contributed by atoms with Crippen LogP contribution in [0.15, 0.2) is 42.6 Å². The number of halogens is 1. The third-order valence-electron chi connectivity index (χ3n) is 2.72. The molecule has 0 aliphatic heterocycles. The predicted molar refractivity (Wildman–Crippen MR) is 85.2 cm³/mol. The summed E-state index contributed by atoms with van der Waals surface area (Å²) in [6.07, 6.45) is 1.93. The molecule has 0 N–H and O–H groups in total. The van der Waals surface area contributed by atoms with Gasteiger partial charge in [0.05, 0.1) is 0 Å². The summed E-state index contributed by atoms with van der Waals surface area (Å²) in [7, 11) is 1.96. The highest BCUT2D eigenvalue weighted by Crippen LogP contribution is 2.29. The van der Waals surface area contributed by atoms with Crippen LogP contribution in [0.2, 0.25) is 0 Å². The number of hydrogen-bond acceptors (Lipinski definition) is 4. The lowest BCUT2D eigenvalue weighted by Gasteiger charge is -2.17. The van der Waals surface area contributed by atoms with Crippen molar-refractivity contribution < 1.29 is 18.7 Å². The van der Waals surface area contributed by atoms with E-state index in [1.807, 2.05) is 9.24 Å². The van der Waals surface area contributed by atoms with E-state index >= 15 is 0 Å². The number of pyridine rings is 1. The maximum absolute atomic E-state index is 13.5. The zero-order valence-electron chi connectivity index (χ0n) is 12.4. The Hall–Kier alpha value is -2.00. The molecule has 0 fully saturated rings. The van der Waals surface area contributed by atoms with Crippen molar-refractivity contribution in [2.24, 2.45) is 0 Å². The number of ketones is 1. The lowest BCUT2D eigenvalue weighted by Crippen LogP contribution is -2.16. The second-order valence-corrected chi connectivity index (χ2v) is 5.86. The standard InChI is InChI=1S/C16H17FNO3P/c1-3-14(19)11-7-8-18-15(9-11)20-12-5-4-6-13(10-12)21-16(2,17)22/h4-10H,3,22H2,1-2H3. The van der Waals surface area contributed by atoms with E-state index in [-0.39, 0.29) is 5.78 Å². The van der Waals surface area contributed by atoms with Crippen molar-refractivity contribution in [3.8, 4) is 17.4 Å². The number of alkyl halides is 1. The van der Waals surface area contributed by atoms with Crippen LogP contribution in [0.1, 0.15) is 30.6 Å². The Morgan fingerprint density at radius 2 is 2.05 bits per heavy atom. The molecule has 0 saturated heterocycles. The summed E-state index contributed by atoms with van der Waals surface area (Å²) in [6.45, 7) is 3.08. The van der Waals surface area contributed by atoms with E-state index in [0.29, 0.717) is 29.4 Å². The first-order chi connectivity index (χ1) is 10.4. The Kier molecular flexibility index (Phi) is 5.09. The highest BCUT2D eigenvalue weighted by atomic mass is 31.0. The molecule has 116 valence electrons. The molecule has 1 heterocycles. The van der Waals surface area contributed by atoms with Gasteiger partial charge in [0.1, 0.15) is 11.5 Å². The highest BCUT2D eigenvalue weighted by Gasteiger charge is 2.17. The summed E-state index contributed by atoms with van der Waals surface area (Å²) >= 11 is 0. The maximum atomic E-state index is 13.5. The Morgan fingerprint density at radius 3 is 2.73 bits per heavy atom. The van der Waals surface area contributed by atoms with Gasteiger partial charge in [-0.05, 0) is 18.2 Å². The lowest BCUT2D eigenvalue weighted by molar-refractivity contribution is 0.0471. The largest absolute Gasteiger partial charge is 0.455 e. The van der Waals surface area contributed by atoms with Crippen molar-refractivity contribution in [2.45, 2.75) is 25.9 Å². The SMILES string of the molecule is CCC(=O)c1ccnc(Oc2cccc(OC(C)(F)P)c2)c1. The number of aromatic nitrogens is 1. The Bertz CT molecular complexity index is 670. The minimum atomic E-state index is -1.86. The molecular weight excluding hydrogens is 304 g/mol. The van der Waals surface area contributed by atoms with Gasteiger partial charge in [-0.2, -0.15) is 4.39 Å². The second-order valence-electron chi connectivity index (χ2n) is 4.82. The van der Waals surface area contributed by atoms with Crippen LogP contribution in [-0.2, 0) is 0 Å². The number of Topliss-reactive ketones (excluding diaryl/α,β-unsaturated/α-hetero) is 1. The number of rotatable bonds is 6. The quantitative estimate of drug-likeness (QED) is 0.586. The van der Waals surface area contributed by atoms with Crippen LogP contribution >= 0.6 is 9.24 Å². The monoisotopic (exact) mass is 321 g/mol. The summed E-state index contributed by atoms with van der Waals surface area (Å²) in [5, 5.41) is 0. The van der Waals surface area contributed by atoms with Gasteiger partial charge in [0.2, 0.25) is 5.88 Å². The van der Waals surface area contributed by atoms with Gasteiger partial charge in [0.15, 0.2) is 5.78 Å². The molecule has 2 atom stereocenters. The zero-order chi connectivity index (χ0) is 16.2. The van der Waals surface area contributed by atoms with Gasteiger partial charge < -0.3 is 9.47 Å². The summed E-state index contributed by atoms with van der Waals surface area (Å²) in [5.41, 5.74) is -1.31. The molecule has 0 saturated carbocycles. The first kappa shape index (κ1) is 16.4.